The average molecular weight is 250 g/mol. The molecule has 0 rings (SSSR count). The molecule has 0 aliphatic heterocycles. The van der Waals surface area contributed by atoms with Gasteiger partial charge in [-0.05, 0) is 32.5 Å². The highest BCUT2D eigenvalue weighted by molar-refractivity contribution is 8.35. The maximum Gasteiger partial charge on any atom is 0.440 e. The highest BCUT2D eigenvalue weighted by Gasteiger charge is 2.42. The van der Waals surface area contributed by atoms with Gasteiger partial charge in [0.15, 0.2) is 0 Å². The summed E-state index contributed by atoms with van der Waals surface area (Å²) in [7, 11) is -3.56. The van der Waals surface area contributed by atoms with Crippen molar-refractivity contribution < 1.29 is 13.2 Å². The van der Waals surface area contributed by atoms with E-state index in [-0.39, 0.29) is 9.12 Å². The highest BCUT2D eigenvalue weighted by atomic mass is 32.3. The van der Waals surface area contributed by atoms with Gasteiger partial charge >= 0.3 is 4.38 Å². The fourth-order valence-corrected chi connectivity index (χ4v) is 3.79. The Morgan fingerprint density at radius 2 is 1.53 bits per heavy atom. The zero-order chi connectivity index (χ0) is 12.5. The van der Waals surface area contributed by atoms with Crippen LogP contribution in [0.25, 0.3) is 5.53 Å². The van der Waals surface area contributed by atoms with Gasteiger partial charge in [0.25, 0.3) is 9.84 Å². The molecule has 6 heteroatoms. The Morgan fingerprint density at radius 3 is 1.73 bits per heavy atom. The fourth-order valence-electron chi connectivity index (χ4n) is 0.653. The van der Waals surface area contributed by atoms with Crippen LogP contribution < -0.4 is 0 Å². The van der Waals surface area contributed by atoms with Gasteiger partial charge in [0.1, 0.15) is 0 Å². The van der Waals surface area contributed by atoms with Crippen LogP contribution in [0.4, 0.5) is 0 Å². The number of hydrogen-bond acceptors (Lipinski definition) is 3. The van der Waals surface area contributed by atoms with Gasteiger partial charge in [-0.3, -0.25) is 0 Å². The van der Waals surface area contributed by atoms with Crippen molar-refractivity contribution in [3.63, 3.8) is 0 Å². The molecule has 0 aromatic rings. The summed E-state index contributed by atoms with van der Waals surface area (Å²) in [6, 6.07) is 0. The summed E-state index contributed by atoms with van der Waals surface area (Å²) in [5, 5.41) is 0. The molecule has 0 spiro atoms. The summed E-state index contributed by atoms with van der Waals surface area (Å²) in [5.74, 6) is 0. The first-order valence-corrected chi connectivity index (χ1v) is 6.87. The molecule has 0 aliphatic carbocycles. The van der Waals surface area contributed by atoms with Crippen molar-refractivity contribution in [3.8, 4) is 0 Å². The Labute approximate surface area is 96.0 Å². The monoisotopic (exact) mass is 250 g/mol. The molecule has 0 atom stereocenters. The van der Waals surface area contributed by atoms with Gasteiger partial charge in [0.05, 0.1) is 4.75 Å². The van der Waals surface area contributed by atoms with Crippen LogP contribution >= 0.6 is 11.8 Å². The van der Waals surface area contributed by atoms with Gasteiger partial charge in [-0.1, -0.05) is 20.8 Å². The Morgan fingerprint density at radius 1 is 1.13 bits per heavy atom. The maximum atomic E-state index is 11.9. The lowest BCUT2D eigenvalue weighted by molar-refractivity contribution is 0.00445. The lowest BCUT2D eigenvalue weighted by Crippen LogP contribution is -2.35. The van der Waals surface area contributed by atoms with Crippen LogP contribution in [-0.2, 0) is 9.84 Å². The van der Waals surface area contributed by atoms with Crippen LogP contribution in [0.3, 0.4) is 0 Å². The first-order chi connectivity index (χ1) is 6.42. The molecule has 0 radical (unpaired) electrons. The zero-order valence-corrected chi connectivity index (χ0v) is 11.7. The molecule has 0 aromatic heterocycles. The van der Waals surface area contributed by atoms with Gasteiger partial charge in [-0.25, -0.2) is 8.42 Å². The summed E-state index contributed by atoms with van der Waals surface area (Å²) in [4.78, 5) is 2.90. The molecule has 0 bridgehead atoms. The molecule has 4 nitrogen and oxygen atoms in total. The molecule has 0 aliphatic rings. The third kappa shape index (κ3) is 3.97. The van der Waals surface area contributed by atoms with Gasteiger partial charge in [-0.15, -0.1) is 4.79 Å². The summed E-state index contributed by atoms with van der Waals surface area (Å²) in [5.41, 5.74) is 8.78. The molecule has 0 amide bonds. The summed E-state index contributed by atoms with van der Waals surface area (Å²) in [6.07, 6.45) is 0. The maximum absolute atomic E-state index is 11.9. The molecule has 88 valence electrons. The normalized spacial score (nSPS) is 13.5. The van der Waals surface area contributed by atoms with E-state index in [1.807, 2.05) is 20.8 Å². The molecular formula is C9H18N2O2S2. The van der Waals surface area contributed by atoms with Gasteiger partial charge in [0, 0.05) is 4.75 Å². The SMILES string of the molecule is CC(C)(C)SC(=[N+]=[N-])S(=O)(=O)C(C)(C)C. The fraction of sp³-hybridized carbons (Fsp3) is 0.889. The molecule has 0 saturated heterocycles. The minimum absolute atomic E-state index is 0.220. The Balaban J connectivity index is 5.32. The van der Waals surface area contributed by atoms with Crippen molar-refractivity contribution in [2.24, 2.45) is 0 Å². The van der Waals surface area contributed by atoms with Crippen molar-refractivity contribution in [3.05, 3.63) is 5.53 Å². The van der Waals surface area contributed by atoms with Gasteiger partial charge < -0.3 is 5.53 Å². The lowest BCUT2D eigenvalue weighted by Gasteiger charge is -2.19. The second-order valence-electron chi connectivity index (χ2n) is 5.20. The van der Waals surface area contributed by atoms with Crippen LogP contribution in [0.1, 0.15) is 41.5 Å². The van der Waals surface area contributed by atoms with E-state index in [2.05, 4.69) is 4.79 Å². The molecule has 0 aromatic carbocycles. The largest absolute Gasteiger partial charge is 0.440 e. The number of thioether (sulfide) groups is 1. The number of nitrogens with zero attached hydrogens (tertiary/aromatic N) is 2. The van der Waals surface area contributed by atoms with E-state index in [9.17, 15) is 8.42 Å². The summed E-state index contributed by atoms with van der Waals surface area (Å²) < 4.78 is 22.4. The Kier molecular flexibility index (Phi) is 4.18. The van der Waals surface area contributed by atoms with Crippen LogP contribution in [-0.4, -0.2) is 27.1 Å². The first-order valence-electron chi connectivity index (χ1n) is 4.57. The minimum Gasteiger partial charge on any atom is -0.359 e. The number of rotatable bonds is 0. The standard InChI is InChI=1S/C9H18N2O2S2/c1-8(2,3)14-7(11-10)15(12,13)9(4,5)6/h1-6H3. The molecular weight excluding hydrogens is 232 g/mol. The summed E-state index contributed by atoms with van der Waals surface area (Å²) >= 11 is 1.05. The van der Waals surface area contributed by atoms with Crippen molar-refractivity contribution in [2.45, 2.75) is 51.0 Å². The Bertz CT molecular complexity index is 379. The predicted molar refractivity (Wildman–Crippen MR) is 64.6 cm³/mol. The topological polar surface area (TPSA) is 70.5 Å². The predicted octanol–water partition coefficient (Wildman–Crippen LogP) is 2.32. The smallest absolute Gasteiger partial charge is 0.359 e. The number of sulfone groups is 1. The average Bonchev–Trinajstić information content (AvgIpc) is 1.95. The lowest BCUT2D eigenvalue weighted by atomic mass is 10.3. The van der Waals surface area contributed by atoms with Crippen LogP contribution in [0, 0.1) is 0 Å². The van der Waals surface area contributed by atoms with E-state index in [0.29, 0.717) is 0 Å². The molecule has 0 fully saturated rings. The van der Waals surface area contributed by atoms with Gasteiger partial charge in [-0.2, -0.15) is 0 Å². The van der Waals surface area contributed by atoms with E-state index >= 15 is 0 Å². The number of hydrogen-bond donors (Lipinski definition) is 0. The van der Waals surface area contributed by atoms with E-state index in [1.54, 1.807) is 20.8 Å². The van der Waals surface area contributed by atoms with Crippen molar-refractivity contribution >= 4 is 26.0 Å². The summed E-state index contributed by atoms with van der Waals surface area (Å²) in [6.45, 7) is 10.3. The molecule has 15 heavy (non-hydrogen) atoms. The molecule has 0 unspecified atom stereocenters. The Hall–Kier alpha value is -0.320. The highest BCUT2D eigenvalue weighted by Crippen LogP contribution is 2.30. The molecule has 0 N–H and O–H groups in total. The van der Waals surface area contributed by atoms with Crippen LogP contribution in [0.15, 0.2) is 0 Å². The van der Waals surface area contributed by atoms with Crippen molar-refractivity contribution in [1.82, 2.24) is 0 Å². The first kappa shape index (κ1) is 14.7. The van der Waals surface area contributed by atoms with E-state index in [0.717, 1.165) is 11.8 Å². The minimum atomic E-state index is -3.56. The van der Waals surface area contributed by atoms with Gasteiger partial charge in [0.2, 0.25) is 0 Å². The second kappa shape index (κ2) is 4.28. The molecule has 0 heterocycles. The van der Waals surface area contributed by atoms with E-state index in [1.165, 1.54) is 0 Å². The van der Waals surface area contributed by atoms with Crippen molar-refractivity contribution in [1.29, 1.82) is 0 Å². The third-order valence-corrected chi connectivity index (χ3v) is 5.44. The van der Waals surface area contributed by atoms with E-state index in [4.69, 9.17) is 5.53 Å². The van der Waals surface area contributed by atoms with E-state index < -0.39 is 14.6 Å². The second-order valence-corrected chi connectivity index (χ2v) is 9.89. The van der Waals surface area contributed by atoms with Crippen molar-refractivity contribution in [2.75, 3.05) is 0 Å². The zero-order valence-electron chi connectivity index (χ0n) is 10.0. The molecule has 0 saturated carbocycles. The quantitative estimate of drug-likeness (QED) is 0.287. The third-order valence-electron chi connectivity index (χ3n) is 1.51. The van der Waals surface area contributed by atoms with Crippen LogP contribution in [0.5, 0.6) is 0 Å². The van der Waals surface area contributed by atoms with Crippen LogP contribution in [0.2, 0.25) is 0 Å².